The van der Waals surface area contributed by atoms with E-state index in [-0.39, 0.29) is 24.8 Å². The lowest BCUT2D eigenvalue weighted by molar-refractivity contribution is -0.141. The first-order chi connectivity index (χ1) is 17.0. The Bertz CT molecular complexity index is 1140. The number of anilines is 1. The van der Waals surface area contributed by atoms with Crippen LogP contribution in [-0.4, -0.2) is 50.5 Å². The van der Waals surface area contributed by atoms with Crippen molar-refractivity contribution in [3.63, 3.8) is 0 Å². The van der Waals surface area contributed by atoms with Crippen LogP contribution >= 0.6 is 11.6 Å². The van der Waals surface area contributed by atoms with E-state index >= 15 is 0 Å². The van der Waals surface area contributed by atoms with Gasteiger partial charge in [-0.25, -0.2) is 8.42 Å². The lowest BCUT2D eigenvalue weighted by Crippen LogP contribution is -2.49. The van der Waals surface area contributed by atoms with Crippen molar-refractivity contribution < 1.29 is 18.0 Å². The van der Waals surface area contributed by atoms with Crippen LogP contribution in [0.15, 0.2) is 42.5 Å². The number of sulfonamides is 1. The standard InChI is InChI=1S/C27H38ClN3O4S/c1-6-17-29-27(33)24(7-2)30(19-22-15-13-20(3)14-16-22)26(32)12-9-18-31(36(5,34)35)25-11-8-10-23(28)21(25)4/h8,10-11,13-16,24H,6-7,9,12,17-19H2,1-5H3,(H,29,33)/t24-/m0/s1. The molecule has 0 aliphatic carbocycles. The van der Waals surface area contributed by atoms with Crippen LogP contribution in [-0.2, 0) is 26.2 Å². The average Bonchev–Trinajstić information content (AvgIpc) is 2.82. The van der Waals surface area contributed by atoms with Gasteiger partial charge in [-0.05, 0) is 56.4 Å². The summed E-state index contributed by atoms with van der Waals surface area (Å²) in [6.45, 7) is 8.61. The fourth-order valence-corrected chi connectivity index (χ4v) is 5.21. The molecule has 0 unspecified atom stereocenters. The number of nitrogens with zero attached hydrogens (tertiary/aromatic N) is 2. The van der Waals surface area contributed by atoms with Gasteiger partial charge in [0.1, 0.15) is 6.04 Å². The van der Waals surface area contributed by atoms with Gasteiger partial charge in [0.05, 0.1) is 11.9 Å². The molecule has 1 N–H and O–H groups in total. The minimum atomic E-state index is -3.59. The molecule has 2 amide bonds. The van der Waals surface area contributed by atoms with E-state index in [1.165, 1.54) is 4.31 Å². The highest BCUT2D eigenvalue weighted by atomic mass is 35.5. The first-order valence-electron chi connectivity index (χ1n) is 12.3. The normalized spacial score (nSPS) is 12.2. The molecule has 0 saturated heterocycles. The van der Waals surface area contributed by atoms with Crippen molar-refractivity contribution in [3.8, 4) is 0 Å². The van der Waals surface area contributed by atoms with Crippen molar-refractivity contribution in [3.05, 3.63) is 64.2 Å². The van der Waals surface area contributed by atoms with Gasteiger partial charge in [0.25, 0.3) is 0 Å². The predicted molar refractivity (Wildman–Crippen MR) is 147 cm³/mol. The maximum absolute atomic E-state index is 13.4. The van der Waals surface area contributed by atoms with E-state index in [1.54, 1.807) is 30.0 Å². The quantitative estimate of drug-likeness (QED) is 0.398. The third kappa shape index (κ3) is 8.23. The number of nitrogens with one attached hydrogen (secondary N) is 1. The smallest absolute Gasteiger partial charge is 0.242 e. The summed E-state index contributed by atoms with van der Waals surface area (Å²) in [5.74, 6) is -0.363. The fraction of sp³-hybridized carbons (Fsp3) is 0.481. The Morgan fingerprint density at radius 2 is 1.72 bits per heavy atom. The summed E-state index contributed by atoms with van der Waals surface area (Å²) in [5.41, 5.74) is 3.21. The Morgan fingerprint density at radius 1 is 1.06 bits per heavy atom. The van der Waals surface area contributed by atoms with Gasteiger partial charge < -0.3 is 10.2 Å². The van der Waals surface area contributed by atoms with Gasteiger partial charge in [-0.2, -0.15) is 0 Å². The molecule has 0 aliphatic rings. The summed E-state index contributed by atoms with van der Waals surface area (Å²) in [4.78, 5) is 27.9. The van der Waals surface area contributed by atoms with Gasteiger partial charge in [0.2, 0.25) is 21.8 Å². The summed E-state index contributed by atoms with van der Waals surface area (Å²) < 4.78 is 26.4. The van der Waals surface area contributed by atoms with Crippen LogP contribution in [0, 0.1) is 13.8 Å². The van der Waals surface area contributed by atoms with Crippen LogP contribution in [0.5, 0.6) is 0 Å². The van der Waals surface area contributed by atoms with Crippen LogP contribution in [0.1, 0.15) is 56.2 Å². The summed E-state index contributed by atoms with van der Waals surface area (Å²) >= 11 is 6.22. The number of rotatable bonds is 13. The van der Waals surface area contributed by atoms with Crippen molar-refractivity contribution in [2.24, 2.45) is 0 Å². The number of carbonyl (C=O) groups is 2. The summed E-state index contributed by atoms with van der Waals surface area (Å²) in [6, 6.07) is 12.4. The van der Waals surface area contributed by atoms with Gasteiger partial charge in [0.15, 0.2) is 0 Å². The second-order valence-electron chi connectivity index (χ2n) is 9.04. The van der Waals surface area contributed by atoms with Gasteiger partial charge in [-0.3, -0.25) is 13.9 Å². The maximum atomic E-state index is 13.4. The number of amides is 2. The molecule has 198 valence electrons. The third-order valence-corrected chi connectivity index (χ3v) is 7.66. The Balaban J connectivity index is 2.23. The molecule has 7 nitrogen and oxygen atoms in total. The number of benzene rings is 2. The van der Waals surface area contributed by atoms with E-state index in [4.69, 9.17) is 11.6 Å². The van der Waals surface area contributed by atoms with Gasteiger partial charge in [-0.1, -0.05) is 61.3 Å². The number of carbonyl (C=O) groups excluding carboxylic acids is 2. The lowest BCUT2D eigenvalue weighted by atomic mass is 10.1. The molecule has 2 aromatic carbocycles. The number of hydrogen-bond donors (Lipinski definition) is 1. The zero-order chi connectivity index (χ0) is 26.9. The van der Waals surface area contributed by atoms with Crippen molar-refractivity contribution in [2.45, 2.75) is 66.0 Å². The van der Waals surface area contributed by atoms with Crippen molar-refractivity contribution in [2.75, 3.05) is 23.7 Å². The second-order valence-corrected chi connectivity index (χ2v) is 11.4. The first kappa shape index (κ1) is 29.6. The van der Waals surface area contributed by atoms with E-state index in [2.05, 4.69) is 5.32 Å². The maximum Gasteiger partial charge on any atom is 0.242 e. The van der Waals surface area contributed by atoms with Crippen LogP contribution in [0.25, 0.3) is 0 Å². The lowest BCUT2D eigenvalue weighted by Gasteiger charge is -2.31. The first-order valence-corrected chi connectivity index (χ1v) is 14.6. The Hall–Kier alpha value is -2.58. The molecule has 1 atom stereocenters. The fourth-order valence-electron chi connectivity index (χ4n) is 4.02. The van der Waals surface area contributed by atoms with Gasteiger partial charge in [0, 0.05) is 31.1 Å². The molecule has 9 heteroatoms. The van der Waals surface area contributed by atoms with Gasteiger partial charge >= 0.3 is 0 Å². The second kappa shape index (κ2) is 13.7. The monoisotopic (exact) mass is 535 g/mol. The molecule has 2 aromatic rings. The van der Waals surface area contributed by atoms with Crippen molar-refractivity contribution >= 4 is 39.1 Å². The predicted octanol–water partition coefficient (Wildman–Crippen LogP) is 4.84. The highest BCUT2D eigenvalue weighted by Crippen LogP contribution is 2.28. The van der Waals surface area contributed by atoms with Crippen LogP contribution in [0.3, 0.4) is 0 Å². The molecule has 36 heavy (non-hydrogen) atoms. The van der Waals surface area contributed by atoms with Crippen LogP contribution in [0.4, 0.5) is 5.69 Å². The van der Waals surface area contributed by atoms with Crippen LogP contribution < -0.4 is 9.62 Å². The van der Waals surface area contributed by atoms with E-state index in [0.717, 1.165) is 23.8 Å². The SMILES string of the molecule is CCCNC(=O)[C@H](CC)N(Cc1ccc(C)cc1)C(=O)CCCN(c1cccc(Cl)c1C)S(C)(=O)=O. The molecule has 0 radical (unpaired) electrons. The molecule has 0 bridgehead atoms. The van der Waals surface area contributed by atoms with E-state index in [1.807, 2.05) is 45.0 Å². The van der Waals surface area contributed by atoms with Crippen LogP contribution in [0.2, 0.25) is 5.02 Å². The molecule has 0 heterocycles. The Kier molecular flexibility index (Phi) is 11.2. The third-order valence-electron chi connectivity index (χ3n) is 6.07. The topological polar surface area (TPSA) is 86.8 Å². The van der Waals surface area contributed by atoms with E-state index < -0.39 is 16.1 Å². The number of halogens is 1. The molecular weight excluding hydrogens is 498 g/mol. The zero-order valence-electron chi connectivity index (χ0n) is 21.9. The van der Waals surface area contributed by atoms with Crippen molar-refractivity contribution in [1.29, 1.82) is 0 Å². The highest BCUT2D eigenvalue weighted by molar-refractivity contribution is 7.92. The number of aryl methyl sites for hydroxylation is 1. The highest BCUT2D eigenvalue weighted by Gasteiger charge is 2.29. The number of hydrogen-bond acceptors (Lipinski definition) is 4. The minimum absolute atomic E-state index is 0.106. The molecule has 0 spiro atoms. The summed E-state index contributed by atoms with van der Waals surface area (Å²) in [7, 11) is -3.59. The molecular formula is C27H38ClN3O4S. The molecule has 0 aromatic heterocycles. The zero-order valence-corrected chi connectivity index (χ0v) is 23.5. The molecule has 2 rings (SSSR count). The largest absolute Gasteiger partial charge is 0.354 e. The summed E-state index contributed by atoms with van der Waals surface area (Å²) in [5, 5.41) is 3.39. The van der Waals surface area contributed by atoms with E-state index in [9.17, 15) is 18.0 Å². The average molecular weight is 536 g/mol. The molecule has 0 saturated carbocycles. The van der Waals surface area contributed by atoms with Crippen molar-refractivity contribution in [1.82, 2.24) is 10.2 Å². The minimum Gasteiger partial charge on any atom is -0.354 e. The van der Waals surface area contributed by atoms with E-state index in [0.29, 0.717) is 42.2 Å². The van der Waals surface area contributed by atoms with Gasteiger partial charge in [-0.15, -0.1) is 0 Å². The Morgan fingerprint density at radius 3 is 2.31 bits per heavy atom. The Labute approximate surface area is 220 Å². The summed E-state index contributed by atoms with van der Waals surface area (Å²) in [6.07, 6.45) is 2.83. The molecule has 0 fully saturated rings. The molecule has 0 aliphatic heterocycles.